The third-order valence-electron chi connectivity index (χ3n) is 7.67. The van der Waals surface area contributed by atoms with Crippen LogP contribution < -0.4 is 20.7 Å². The Morgan fingerprint density at radius 2 is 1.07 bits per heavy atom. The number of rotatable bonds is 6. The van der Waals surface area contributed by atoms with Crippen LogP contribution in [0.1, 0.15) is 15.2 Å². The molecule has 7 rings (SSSR count). The zero-order valence-electron chi connectivity index (χ0n) is 29.6. The molecule has 0 amide bonds. The van der Waals surface area contributed by atoms with Crippen molar-refractivity contribution in [2.75, 3.05) is 0 Å². The second-order valence-corrected chi connectivity index (χ2v) is 15.6. The van der Waals surface area contributed by atoms with Gasteiger partial charge in [-0.15, -0.1) is 0 Å². The van der Waals surface area contributed by atoms with Crippen molar-refractivity contribution < 1.29 is 18.0 Å². The molecule has 0 atom stereocenters. The fraction of sp³-hybridized carbons (Fsp3) is 0.0270. The summed E-state index contributed by atoms with van der Waals surface area (Å²) < 4.78 is 94.2. The molecule has 3 nitrogen and oxygen atoms in total. The number of para-hydroxylation sites is 1. The van der Waals surface area contributed by atoms with Gasteiger partial charge in [-0.2, -0.15) is 0 Å². The summed E-state index contributed by atoms with van der Waals surface area (Å²) in [6, 6.07) is 31.0. The molecule has 7 aromatic rings. The minimum atomic E-state index is -4.62. The van der Waals surface area contributed by atoms with Crippen LogP contribution in [0.3, 0.4) is 0 Å². The standard InChI is InChI=1S/C37H29NO2SSi/c1-28-21-23-29(24-22-28)41(39,40)38-36-20-12-11-19-34(36)35-26-25-33(27-37(35)38)42(30-13-5-2-6-14-30,31-15-7-3-8-16-31)32-17-9-4-10-18-32/h2-27H,1H3/i11D,12D,19D,20D,25D,26D,27D. The van der Waals surface area contributed by atoms with Crippen LogP contribution in [0.15, 0.2) is 162 Å². The molecule has 1 aromatic heterocycles. The number of nitrogens with zero attached hydrogens (tertiary/aromatic N) is 1. The first kappa shape index (κ1) is 19.4. The van der Waals surface area contributed by atoms with Gasteiger partial charge in [0, 0.05) is 10.8 Å². The molecule has 0 bridgehead atoms. The Morgan fingerprint density at radius 3 is 1.62 bits per heavy atom. The SMILES string of the molecule is [2H]c1c([2H])c([2H])c2c(c1[2H])c1c([2H])c([2H])c([Si](c3ccccc3)(c3ccccc3)c3ccccc3)c([2H])c1n2S(=O)(=O)c1ccc(C)cc1. The lowest BCUT2D eigenvalue weighted by Crippen LogP contribution is -2.74. The Balaban J connectivity index is 1.79. The average molecular weight is 587 g/mol. The summed E-state index contributed by atoms with van der Waals surface area (Å²) in [7, 11) is -8.30. The van der Waals surface area contributed by atoms with Crippen molar-refractivity contribution >= 4 is 60.6 Å². The molecule has 0 aliphatic rings. The molecule has 0 unspecified atom stereocenters. The Hall–Kier alpha value is -4.71. The van der Waals surface area contributed by atoms with Crippen LogP contribution in [-0.4, -0.2) is 20.5 Å². The van der Waals surface area contributed by atoms with Crippen LogP contribution in [0.25, 0.3) is 21.8 Å². The predicted octanol–water partition coefficient (Wildman–Crippen LogP) is 5.72. The zero-order valence-corrected chi connectivity index (χ0v) is 24.5. The minimum Gasteiger partial charge on any atom is -0.233 e. The lowest BCUT2D eigenvalue weighted by atomic mass is 10.1. The van der Waals surface area contributed by atoms with E-state index in [0.29, 0.717) is 0 Å². The van der Waals surface area contributed by atoms with E-state index in [0.717, 1.165) is 25.1 Å². The van der Waals surface area contributed by atoms with Crippen molar-refractivity contribution in [2.45, 2.75) is 11.8 Å². The zero-order chi connectivity index (χ0) is 34.8. The topological polar surface area (TPSA) is 39.1 Å². The van der Waals surface area contributed by atoms with Gasteiger partial charge in [0.25, 0.3) is 10.0 Å². The van der Waals surface area contributed by atoms with Crippen LogP contribution >= 0.6 is 0 Å². The summed E-state index contributed by atoms with van der Waals surface area (Å²) in [6.45, 7) is 1.81. The second-order valence-electron chi connectivity index (χ2n) is 10.1. The van der Waals surface area contributed by atoms with Gasteiger partial charge in [-0.25, -0.2) is 12.4 Å². The molecule has 0 aliphatic carbocycles. The highest BCUT2D eigenvalue weighted by Crippen LogP contribution is 2.32. The molecule has 0 radical (unpaired) electrons. The first-order valence-electron chi connectivity index (χ1n) is 17.0. The number of aromatic nitrogens is 1. The highest BCUT2D eigenvalue weighted by atomic mass is 32.2. The number of hydrogen-bond acceptors (Lipinski definition) is 2. The first-order chi connectivity index (χ1) is 23.4. The Kier molecular flexibility index (Phi) is 4.75. The summed E-state index contributed by atoms with van der Waals surface area (Å²) in [5.74, 6) is 0. The third kappa shape index (κ3) is 4.04. The van der Waals surface area contributed by atoms with Gasteiger partial charge in [-0.05, 0) is 51.9 Å². The molecule has 204 valence electrons. The fourth-order valence-corrected chi connectivity index (χ4v) is 11.7. The molecule has 0 saturated heterocycles. The Morgan fingerprint density at radius 1 is 0.571 bits per heavy atom. The maximum atomic E-state index is 14.7. The molecule has 0 saturated carbocycles. The largest absolute Gasteiger partial charge is 0.268 e. The van der Waals surface area contributed by atoms with E-state index in [4.69, 9.17) is 5.48 Å². The minimum absolute atomic E-state index is 0.149. The highest BCUT2D eigenvalue weighted by molar-refractivity contribution is 7.90. The molecule has 5 heteroatoms. The number of benzene rings is 6. The maximum Gasteiger partial charge on any atom is 0.268 e. The second kappa shape index (κ2) is 10.3. The van der Waals surface area contributed by atoms with E-state index in [1.165, 1.54) is 12.1 Å². The van der Waals surface area contributed by atoms with Gasteiger partial charge in [0.15, 0.2) is 8.07 Å². The van der Waals surface area contributed by atoms with Crippen LogP contribution in [-0.2, 0) is 10.0 Å². The summed E-state index contributed by atoms with van der Waals surface area (Å²) in [6.07, 6.45) is 0. The molecule has 42 heavy (non-hydrogen) atoms. The Labute approximate surface area is 257 Å². The monoisotopic (exact) mass is 586 g/mol. The van der Waals surface area contributed by atoms with E-state index in [9.17, 15) is 12.5 Å². The van der Waals surface area contributed by atoms with Crippen molar-refractivity contribution in [3.8, 4) is 0 Å². The van der Waals surface area contributed by atoms with Gasteiger partial charge in [0.05, 0.1) is 25.5 Å². The average Bonchev–Trinajstić information content (AvgIpc) is 3.50. The van der Waals surface area contributed by atoms with Crippen molar-refractivity contribution in [3.63, 3.8) is 0 Å². The molecule has 0 N–H and O–H groups in total. The number of hydrogen-bond donors (Lipinski definition) is 0. The first-order valence-corrected chi connectivity index (χ1v) is 16.9. The van der Waals surface area contributed by atoms with Gasteiger partial charge < -0.3 is 0 Å². The summed E-state index contributed by atoms with van der Waals surface area (Å²) in [4.78, 5) is -0.149. The number of aryl methyl sites for hydroxylation is 1. The van der Waals surface area contributed by atoms with Crippen molar-refractivity contribution in [1.82, 2.24) is 3.97 Å². The molecular formula is C37H29NO2SSi. The third-order valence-corrected chi connectivity index (χ3v) is 14.0. The van der Waals surface area contributed by atoms with Crippen LogP contribution in [0.2, 0.25) is 0 Å². The van der Waals surface area contributed by atoms with E-state index in [-0.39, 0.29) is 44.0 Å². The summed E-state index contributed by atoms with van der Waals surface area (Å²) >= 11 is 0. The number of fused-ring (bicyclic) bond motifs is 3. The maximum absolute atomic E-state index is 14.7. The van der Waals surface area contributed by atoms with Gasteiger partial charge in [-0.1, -0.05) is 139 Å². The lowest BCUT2D eigenvalue weighted by Gasteiger charge is -2.34. The van der Waals surface area contributed by atoms with E-state index in [1.54, 1.807) is 12.1 Å². The molecule has 0 spiro atoms. The smallest absolute Gasteiger partial charge is 0.233 e. The molecular weight excluding hydrogens is 551 g/mol. The van der Waals surface area contributed by atoms with Crippen molar-refractivity contribution in [2.24, 2.45) is 0 Å². The summed E-state index contributed by atoms with van der Waals surface area (Å²) in [5.41, 5.74) is 0.174. The van der Waals surface area contributed by atoms with Crippen LogP contribution in [0.4, 0.5) is 0 Å². The molecule has 6 aromatic carbocycles. The van der Waals surface area contributed by atoms with E-state index in [2.05, 4.69) is 0 Å². The highest BCUT2D eigenvalue weighted by Gasteiger charge is 2.41. The fourth-order valence-electron chi connectivity index (χ4n) is 5.72. The van der Waals surface area contributed by atoms with E-state index < -0.39 is 48.3 Å². The normalized spacial score (nSPS) is 14.5. The molecule has 0 aliphatic heterocycles. The Bertz CT molecular complexity index is 2430. The summed E-state index contributed by atoms with van der Waals surface area (Å²) in [5, 5.41) is 2.19. The van der Waals surface area contributed by atoms with Crippen LogP contribution in [0.5, 0.6) is 0 Å². The van der Waals surface area contributed by atoms with Gasteiger partial charge >= 0.3 is 0 Å². The van der Waals surface area contributed by atoms with Crippen molar-refractivity contribution in [1.29, 1.82) is 0 Å². The van der Waals surface area contributed by atoms with Gasteiger partial charge in [0.1, 0.15) is 0 Å². The van der Waals surface area contributed by atoms with E-state index >= 15 is 0 Å². The quantitative estimate of drug-likeness (QED) is 0.185. The van der Waals surface area contributed by atoms with Gasteiger partial charge in [0.2, 0.25) is 0 Å². The molecule has 0 fully saturated rings. The van der Waals surface area contributed by atoms with Gasteiger partial charge in [-0.3, -0.25) is 0 Å². The van der Waals surface area contributed by atoms with E-state index in [1.807, 2.05) is 97.9 Å². The van der Waals surface area contributed by atoms with Crippen LogP contribution in [0, 0.1) is 6.92 Å². The predicted molar refractivity (Wildman–Crippen MR) is 177 cm³/mol. The molecule has 1 heterocycles. The van der Waals surface area contributed by atoms with Crippen molar-refractivity contribution in [3.05, 3.63) is 163 Å². The lowest BCUT2D eigenvalue weighted by molar-refractivity contribution is 0.590.